The number of rotatable bonds is 4. The van der Waals surface area contributed by atoms with Gasteiger partial charge < -0.3 is 10.6 Å². The quantitative estimate of drug-likeness (QED) is 0.937. The van der Waals surface area contributed by atoms with Gasteiger partial charge in [-0.25, -0.2) is 0 Å². The molecule has 2 aromatic carbocycles. The Morgan fingerprint density at radius 1 is 1.10 bits per heavy atom. The monoisotopic (exact) mass is 282 g/mol. The summed E-state index contributed by atoms with van der Waals surface area (Å²) in [5.74, 6) is -0.0659. The van der Waals surface area contributed by atoms with E-state index < -0.39 is 6.04 Å². The van der Waals surface area contributed by atoms with E-state index in [-0.39, 0.29) is 5.91 Å². The fourth-order valence-electron chi connectivity index (χ4n) is 2.48. The first-order valence-corrected chi connectivity index (χ1v) is 7.13. The maximum atomic E-state index is 12.5. The molecule has 21 heavy (non-hydrogen) atoms. The second-order valence-electron chi connectivity index (χ2n) is 5.54. The van der Waals surface area contributed by atoms with Gasteiger partial charge in [0, 0.05) is 12.7 Å². The van der Waals surface area contributed by atoms with Gasteiger partial charge in [0.05, 0.1) is 6.04 Å². The van der Waals surface area contributed by atoms with Gasteiger partial charge in [0.1, 0.15) is 0 Å². The van der Waals surface area contributed by atoms with Crippen molar-refractivity contribution in [1.29, 1.82) is 0 Å². The maximum Gasteiger partial charge on any atom is 0.243 e. The zero-order valence-corrected chi connectivity index (χ0v) is 12.8. The molecule has 110 valence electrons. The summed E-state index contributed by atoms with van der Waals surface area (Å²) in [5.41, 5.74) is 10.3. The average molecular weight is 282 g/mol. The summed E-state index contributed by atoms with van der Waals surface area (Å²) in [4.78, 5) is 14.1. The van der Waals surface area contributed by atoms with Crippen molar-refractivity contribution in [3.05, 3.63) is 65.2 Å². The van der Waals surface area contributed by atoms with Crippen LogP contribution < -0.4 is 10.6 Å². The normalized spacial score (nSPS) is 12.0. The van der Waals surface area contributed by atoms with Gasteiger partial charge in [-0.3, -0.25) is 4.79 Å². The zero-order valence-electron chi connectivity index (χ0n) is 12.8. The van der Waals surface area contributed by atoms with E-state index in [4.69, 9.17) is 5.73 Å². The summed E-state index contributed by atoms with van der Waals surface area (Å²) >= 11 is 0. The van der Waals surface area contributed by atoms with Crippen LogP contribution in [0.1, 0.15) is 16.7 Å². The van der Waals surface area contributed by atoms with Crippen LogP contribution in [-0.2, 0) is 11.2 Å². The first-order valence-electron chi connectivity index (χ1n) is 7.13. The molecule has 0 aliphatic carbocycles. The Balaban J connectivity index is 2.11. The maximum absolute atomic E-state index is 12.5. The number of anilines is 1. The van der Waals surface area contributed by atoms with Crippen molar-refractivity contribution in [2.75, 3.05) is 11.9 Å². The average Bonchev–Trinajstić information content (AvgIpc) is 2.45. The fraction of sp³-hybridized carbons (Fsp3) is 0.278. The third kappa shape index (κ3) is 3.92. The summed E-state index contributed by atoms with van der Waals surface area (Å²) in [7, 11) is 1.78. The molecule has 1 unspecified atom stereocenters. The smallest absolute Gasteiger partial charge is 0.243 e. The van der Waals surface area contributed by atoms with E-state index in [9.17, 15) is 4.79 Å². The fourth-order valence-corrected chi connectivity index (χ4v) is 2.48. The van der Waals surface area contributed by atoms with Crippen molar-refractivity contribution in [2.45, 2.75) is 26.3 Å². The summed E-state index contributed by atoms with van der Waals surface area (Å²) in [6.07, 6.45) is 0.550. The number of nitrogens with two attached hydrogens (primary N) is 1. The predicted octanol–water partition coefficient (Wildman–Crippen LogP) is 2.84. The van der Waals surface area contributed by atoms with E-state index >= 15 is 0 Å². The number of hydrogen-bond acceptors (Lipinski definition) is 2. The van der Waals surface area contributed by atoms with Gasteiger partial charge in [-0.1, -0.05) is 36.4 Å². The van der Waals surface area contributed by atoms with E-state index in [0.29, 0.717) is 6.42 Å². The van der Waals surface area contributed by atoms with Gasteiger partial charge in [0.15, 0.2) is 0 Å². The molecule has 3 heteroatoms. The molecule has 0 radical (unpaired) electrons. The number of hydrogen-bond donors (Lipinski definition) is 1. The molecule has 0 aliphatic rings. The Hall–Kier alpha value is -2.13. The Labute approximate surface area is 126 Å². The molecule has 0 fully saturated rings. The summed E-state index contributed by atoms with van der Waals surface area (Å²) in [6, 6.07) is 15.4. The van der Waals surface area contributed by atoms with E-state index in [1.165, 1.54) is 0 Å². The van der Waals surface area contributed by atoms with Gasteiger partial charge in [-0.05, 0) is 49.1 Å². The number of aryl methyl sites for hydroxylation is 2. The number of carbonyl (C=O) groups excluding carboxylic acids is 1. The molecule has 0 saturated heterocycles. The van der Waals surface area contributed by atoms with Crippen LogP contribution in [0, 0.1) is 13.8 Å². The minimum Gasteiger partial charge on any atom is -0.320 e. The Morgan fingerprint density at radius 3 is 2.24 bits per heavy atom. The number of nitrogens with zero attached hydrogens (tertiary/aromatic N) is 1. The van der Waals surface area contributed by atoms with Gasteiger partial charge in [0.25, 0.3) is 0 Å². The minimum atomic E-state index is -0.529. The van der Waals surface area contributed by atoms with Gasteiger partial charge in [-0.15, -0.1) is 0 Å². The summed E-state index contributed by atoms with van der Waals surface area (Å²) in [5, 5.41) is 0. The van der Waals surface area contributed by atoms with Crippen LogP contribution in [0.5, 0.6) is 0 Å². The molecule has 0 aromatic heterocycles. The van der Waals surface area contributed by atoms with Crippen LogP contribution in [0.3, 0.4) is 0 Å². The van der Waals surface area contributed by atoms with E-state index in [1.807, 2.05) is 56.3 Å². The standard InChI is InChI=1S/C18H22N2O/c1-13-9-14(2)11-16(10-13)20(3)18(21)17(19)12-15-7-5-4-6-8-15/h4-11,17H,12,19H2,1-3H3. The van der Waals surface area contributed by atoms with Crippen LogP contribution in [0.25, 0.3) is 0 Å². The van der Waals surface area contributed by atoms with E-state index in [0.717, 1.165) is 22.4 Å². The van der Waals surface area contributed by atoms with Crippen molar-refractivity contribution in [3.8, 4) is 0 Å². The van der Waals surface area contributed by atoms with Crippen molar-refractivity contribution < 1.29 is 4.79 Å². The van der Waals surface area contributed by atoms with Crippen molar-refractivity contribution >= 4 is 11.6 Å². The lowest BCUT2D eigenvalue weighted by molar-refractivity contribution is -0.119. The Morgan fingerprint density at radius 2 is 1.67 bits per heavy atom. The lowest BCUT2D eigenvalue weighted by atomic mass is 10.0. The topological polar surface area (TPSA) is 46.3 Å². The summed E-state index contributed by atoms with van der Waals surface area (Å²) < 4.78 is 0. The molecular formula is C18H22N2O. The third-order valence-electron chi connectivity index (χ3n) is 3.54. The highest BCUT2D eigenvalue weighted by molar-refractivity contribution is 5.96. The number of amides is 1. The molecule has 2 aromatic rings. The molecule has 3 nitrogen and oxygen atoms in total. The lowest BCUT2D eigenvalue weighted by Gasteiger charge is -2.22. The summed E-state index contributed by atoms with van der Waals surface area (Å²) in [6.45, 7) is 4.05. The molecule has 2 N–H and O–H groups in total. The largest absolute Gasteiger partial charge is 0.320 e. The van der Waals surface area contributed by atoms with Crippen LogP contribution in [0.15, 0.2) is 48.5 Å². The second-order valence-corrected chi connectivity index (χ2v) is 5.54. The minimum absolute atomic E-state index is 0.0659. The Bertz CT molecular complexity index is 602. The number of carbonyl (C=O) groups is 1. The zero-order chi connectivity index (χ0) is 15.4. The van der Waals surface area contributed by atoms with Gasteiger partial charge in [-0.2, -0.15) is 0 Å². The van der Waals surface area contributed by atoms with Crippen LogP contribution in [0.2, 0.25) is 0 Å². The number of benzene rings is 2. The highest BCUT2D eigenvalue weighted by atomic mass is 16.2. The highest BCUT2D eigenvalue weighted by Crippen LogP contribution is 2.18. The lowest BCUT2D eigenvalue weighted by Crippen LogP contribution is -2.43. The highest BCUT2D eigenvalue weighted by Gasteiger charge is 2.19. The number of likely N-dealkylation sites (N-methyl/N-ethyl adjacent to an activating group) is 1. The van der Waals surface area contributed by atoms with Crippen molar-refractivity contribution in [1.82, 2.24) is 0 Å². The van der Waals surface area contributed by atoms with E-state index in [1.54, 1.807) is 11.9 Å². The van der Waals surface area contributed by atoms with Crippen LogP contribution in [-0.4, -0.2) is 19.0 Å². The molecule has 0 aliphatic heterocycles. The predicted molar refractivity (Wildman–Crippen MR) is 87.4 cm³/mol. The molecule has 0 bridgehead atoms. The van der Waals surface area contributed by atoms with Gasteiger partial charge >= 0.3 is 0 Å². The molecule has 1 atom stereocenters. The molecule has 0 heterocycles. The SMILES string of the molecule is Cc1cc(C)cc(N(C)C(=O)C(N)Cc2ccccc2)c1. The molecule has 0 saturated carbocycles. The van der Waals surface area contributed by atoms with Crippen LogP contribution >= 0.6 is 0 Å². The first-order chi connectivity index (χ1) is 9.97. The van der Waals surface area contributed by atoms with Crippen molar-refractivity contribution in [3.63, 3.8) is 0 Å². The van der Waals surface area contributed by atoms with Crippen molar-refractivity contribution in [2.24, 2.45) is 5.73 Å². The first kappa shape index (κ1) is 15.3. The second kappa shape index (κ2) is 6.55. The third-order valence-corrected chi connectivity index (χ3v) is 3.54. The molecule has 2 rings (SSSR count). The van der Waals surface area contributed by atoms with E-state index in [2.05, 4.69) is 6.07 Å². The molecule has 0 spiro atoms. The molecule has 1 amide bonds. The molecular weight excluding hydrogens is 260 g/mol. The van der Waals surface area contributed by atoms with Crippen LogP contribution in [0.4, 0.5) is 5.69 Å². The van der Waals surface area contributed by atoms with Gasteiger partial charge in [0.2, 0.25) is 5.91 Å². The Kier molecular flexibility index (Phi) is 4.76.